The quantitative estimate of drug-likeness (QED) is 0.720. The van der Waals surface area contributed by atoms with Crippen LogP contribution in [0.15, 0.2) is 12.3 Å². The molecule has 6 heteroatoms. The minimum absolute atomic E-state index is 0.0446. The molecule has 88 valence electrons. The number of aromatic nitrogens is 1. The van der Waals surface area contributed by atoms with Crippen LogP contribution in [0.5, 0.6) is 0 Å². The molecule has 2 rings (SSSR count). The van der Waals surface area contributed by atoms with Crippen molar-refractivity contribution < 1.29 is 9.53 Å². The number of ether oxygens (including phenoxy) is 1. The molecule has 3 N–H and O–H groups in total. The van der Waals surface area contributed by atoms with Gasteiger partial charge in [-0.05, 0) is 6.07 Å². The fourth-order valence-corrected chi connectivity index (χ4v) is 1.72. The van der Waals surface area contributed by atoms with Crippen LogP contribution in [0.1, 0.15) is 10.5 Å². The van der Waals surface area contributed by atoms with Crippen LogP contribution < -0.4 is 10.6 Å². The molecule has 0 bridgehead atoms. The molecule has 0 saturated carbocycles. The molecule has 1 aromatic heterocycles. The number of hydrogen-bond donors (Lipinski definition) is 3. The molecule has 1 saturated heterocycles. The van der Waals surface area contributed by atoms with E-state index in [1.807, 2.05) is 0 Å². The fourth-order valence-electron chi connectivity index (χ4n) is 1.55. The maximum atomic E-state index is 11.6. The Balaban J connectivity index is 1.79. The van der Waals surface area contributed by atoms with Crippen molar-refractivity contribution in [2.24, 2.45) is 0 Å². The smallest absolute Gasteiger partial charge is 0.267 e. The zero-order chi connectivity index (χ0) is 11.4. The molecule has 0 aliphatic carbocycles. The maximum Gasteiger partial charge on any atom is 0.267 e. The minimum atomic E-state index is -0.166. The number of H-pyrrole nitrogens is 1. The van der Waals surface area contributed by atoms with Gasteiger partial charge in [-0.3, -0.25) is 4.79 Å². The maximum absolute atomic E-state index is 11.6. The predicted octanol–water partition coefficient (Wildman–Crippen LogP) is 0.386. The van der Waals surface area contributed by atoms with E-state index in [0.717, 1.165) is 13.1 Å². The van der Waals surface area contributed by atoms with E-state index in [2.05, 4.69) is 15.6 Å². The third-order valence-corrected chi connectivity index (χ3v) is 2.61. The second-order valence-corrected chi connectivity index (χ2v) is 4.07. The standard InChI is InChI=1S/C10H14ClN3O2/c11-7-3-9(13-4-7)10(15)14-6-8-5-12-1-2-16-8/h3-4,8,12-13H,1-2,5-6H2,(H,14,15). The Morgan fingerprint density at radius 3 is 3.19 bits per heavy atom. The largest absolute Gasteiger partial charge is 0.374 e. The van der Waals surface area contributed by atoms with Gasteiger partial charge in [0.25, 0.3) is 5.91 Å². The third kappa shape index (κ3) is 2.98. The van der Waals surface area contributed by atoms with Crippen LogP contribution in [0, 0.1) is 0 Å². The second-order valence-electron chi connectivity index (χ2n) is 3.64. The van der Waals surface area contributed by atoms with Crippen LogP contribution in [0.2, 0.25) is 5.02 Å². The lowest BCUT2D eigenvalue weighted by atomic mass is 10.3. The summed E-state index contributed by atoms with van der Waals surface area (Å²) in [4.78, 5) is 14.4. The summed E-state index contributed by atoms with van der Waals surface area (Å²) in [6.45, 7) is 2.83. The van der Waals surface area contributed by atoms with Gasteiger partial charge in [0, 0.05) is 25.8 Å². The first-order chi connectivity index (χ1) is 7.75. The average molecular weight is 244 g/mol. The number of amides is 1. The number of rotatable bonds is 3. The highest BCUT2D eigenvalue weighted by atomic mass is 35.5. The molecule has 1 aliphatic rings. The van der Waals surface area contributed by atoms with Gasteiger partial charge in [-0.2, -0.15) is 0 Å². The second kappa shape index (κ2) is 5.34. The van der Waals surface area contributed by atoms with E-state index in [1.54, 1.807) is 12.3 Å². The van der Waals surface area contributed by atoms with Crippen LogP contribution in [0.25, 0.3) is 0 Å². The van der Waals surface area contributed by atoms with Gasteiger partial charge in [-0.15, -0.1) is 0 Å². The summed E-state index contributed by atoms with van der Waals surface area (Å²) in [5.74, 6) is -0.166. The highest BCUT2D eigenvalue weighted by Gasteiger charge is 2.15. The Labute approximate surface area is 98.5 Å². The lowest BCUT2D eigenvalue weighted by Gasteiger charge is -2.23. The van der Waals surface area contributed by atoms with Crippen molar-refractivity contribution in [3.8, 4) is 0 Å². The first kappa shape index (κ1) is 11.4. The molecule has 0 spiro atoms. The van der Waals surface area contributed by atoms with E-state index >= 15 is 0 Å². The molecular formula is C10H14ClN3O2. The molecule has 5 nitrogen and oxygen atoms in total. The van der Waals surface area contributed by atoms with E-state index in [9.17, 15) is 4.79 Å². The number of carbonyl (C=O) groups excluding carboxylic acids is 1. The normalized spacial score (nSPS) is 20.7. The molecule has 0 radical (unpaired) electrons. The summed E-state index contributed by atoms with van der Waals surface area (Å²) in [6, 6.07) is 1.59. The zero-order valence-corrected chi connectivity index (χ0v) is 9.51. The fraction of sp³-hybridized carbons (Fsp3) is 0.500. The monoisotopic (exact) mass is 243 g/mol. The van der Waals surface area contributed by atoms with E-state index in [4.69, 9.17) is 16.3 Å². The molecule has 0 aromatic carbocycles. The average Bonchev–Trinajstić information content (AvgIpc) is 2.74. The Bertz CT molecular complexity index is 361. The summed E-state index contributed by atoms with van der Waals surface area (Å²) in [6.07, 6.45) is 1.62. The van der Waals surface area contributed by atoms with E-state index in [0.29, 0.717) is 23.9 Å². The Kier molecular flexibility index (Phi) is 3.82. The molecule has 1 atom stereocenters. The molecule has 1 fully saturated rings. The van der Waals surface area contributed by atoms with Crippen molar-refractivity contribution in [3.63, 3.8) is 0 Å². The summed E-state index contributed by atoms with van der Waals surface area (Å²) in [5.41, 5.74) is 0.466. The van der Waals surface area contributed by atoms with Crippen LogP contribution in [-0.4, -0.2) is 43.2 Å². The first-order valence-electron chi connectivity index (χ1n) is 5.20. The molecular weight excluding hydrogens is 230 g/mol. The van der Waals surface area contributed by atoms with Crippen LogP contribution in [0.3, 0.4) is 0 Å². The van der Waals surface area contributed by atoms with Gasteiger partial charge < -0.3 is 20.4 Å². The summed E-state index contributed by atoms with van der Waals surface area (Å²) in [5, 5.41) is 6.51. The highest BCUT2D eigenvalue weighted by Crippen LogP contribution is 2.09. The number of aromatic amines is 1. The van der Waals surface area contributed by atoms with Gasteiger partial charge in [-0.25, -0.2) is 0 Å². The number of halogens is 1. The van der Waals surface area contributed by atoms with Crippen molar-refractivity contribution in [1.82, 2.24) is 15.6 Å². The molecule has 1 aliphatic heterocycles. The zero-order valence-electron chi connectivity index (χ0n) is 8.75. The lowest BCUT2D eigenvalue weighted by molar-refractivity contribution is 0.0287. The molecule has 16 heavy (non-hydrogen) atoms. The number of nitrogens with one attached hydrogen (secondary N) is 3. The van der Waals surface area contributed by atoms with Crippen LogP contribution >= 0.6 is 11.6 Å². The van der Waals surface area contributed by atoms with Crippen molar-refractivity contribution in [2.75, 3.05) is 26.2 Å². The van der Waals surface area contributed by atoms with Gasteiger partial charge in [0.05, 0.1) is 17.7 Å². The summed E-state index contributed by atoms with van der Waals surface area (Å²) < 4.78 is 5.46. The van der Waals surface area contributed by atoms with Gasteiger partial charge >= 0.3 is 0 Å². The van der Waals surface area contributed by atoms with Crippen LogP contribution in [0.4, 0.5) is 0 Å². The van der Waals surface area contributed by atoms with E-state index < -0.39 is 0 Å². The topological polar surface area (TPSA) is 66.2 Å². The van der Waals surface area contributed by atoms with Gasteiger partial charge in [0.2, 0.25) is 0 Å². The lowest BCUT2D eigenvalue weighted by Crippen LogP contribution is -2.45. The number of hydrogen-bond acceptors (Lipinski definition) is 3. The molecule has 1 unspecified atom stereocenters. The summed E-state index contributed by atoms with van der Waals surface area (Å²) >= 11 is 5.71. The molecule has 2 heterocycles. The van der Waals surface area contributed by atoms with Crippen molar-refractivity contribution in [1.29, 1.82) is 0 Å². The Morgan fingerprint density at radius 1 is 1.69 bits per heavy atom. The van der Waals surface area contributed by atoms with Gasteiger partial charge in [0.1, 0.15) is 5.69 Å². The van der Waals surface area contributed by atoms with Crippen molar-refractivity contribution in [2.45, 2.75) is 6.10 Å². The predicted molar refractivity (Wildman–Crippen MR) is 60.7 cm³/mol. The third-order valence-electron chi connectivity index (χ3n) is 2.39. The van der Waals surface area contributed by atoms with E-state index in [1.165, 1.54) is 0 Å². The van der Waals surface area contributed by atoms with Crippen molar-refractivity contribution >= 4 is 17.5 Å². The van der Waals surface area contributed by atoms with Gasteiger partial charge in [-0.1, -0.05) is 11.6 Å². The Hall–Kier alpha value is -1.04. The number of carbonyl (C=O) groups is 1. The summed E-state index contributed by atoms with van der Waals surface area (Å²) in [7, 11) is 0. The number of morpholine rings is 1. The van der Waals surface area contributed by atoms with Gasteiger partial charge in [0.15, 0.2) is 0 Å². The molecule has 1 amide bonds. The minimum Gasteiger partial charge on any atom is -0.374 e. The molecule has 1 aromatic rings. The Morgan fingerprint density at radius 2 is 2.56 bits per heavy atom. The van der Waals surface area contributed by atoms with Crippen molar-refractivity contribution in [3.05, 3.63) is 23.0 Å². The SMILES string of the molecule is O=C(NCC1CNCCO1)c1cc(Cl)c[nH]1. The first-order valence-corrected chi connectivity index (χ1v) is 5.58. The van der Waals surface area contributed by atoms with Crippen LogP contribution in [-0.2, 0) is 4.74 Å². The highest BCUT2D eigenvalue weighted by molar-refractivity contribution is 6.30. The van der Waals surface area contributed by atoms with E-state index in [-0.39, 0.29) is 12.0 Å².